The SMILES string of the molecule is CCCCCCCCCc1ccc(OCCOCCOCCNC(=O)OCc2ccccc2)cc1. The molecule has 1 amide bonds. The van der Waals surface area contributed by atoms with Gasteiger partial charge in [-0.2, -0.15) is 0 Å². The molecular formula is C29H43NO5. The first-order valence-corrected chi connectivity index (χ1v) is 13.1. The van der Waals surface area contributed by atoms with E-state index in [1.54, 1.807) is 0 Å². The second-order valence-electron chi connectivity index (χ2n) is 8.58. The summed E-state index contributed by atoms with van der Waals surface area (Å²) in [6.07, 6.45) is 10.1. The molecule has 2 rings (SSSR count). The van der Waals surface area contributed by atoms with Crippen molar-refractivity contribution < 1.29 is 23.7 Å². The number of unbranched alkanes of at least 4 members (excludes halogenated alkanes) is 6. The summed E-state index contributed by atoms with van der Waals surface area (Å²) in [4.78, 5) is 11.6. The number of benzene rings is 2. The number of amides is 1. The largest absolute Gasteiger partial charge is 0.491 e. The maximum Gasteiger partial charge on any atom is 0.407 e. The monoisotopic (exact) mass is 485 g/mol. The van der Waals surface area contributed by atoms with Crippen LogP contribution in [0, 0.1) is 0 Å². The van der Waals surface area contributed by atoms with Gasteiger partial charge in [0, 0.05) is 6.54 Å². The van der Waals surface area contributed by atoms with Crippen molar-refractivity contribution >= 4 is 6.09 Å². The Kier molecular flexibility index (Phi) is 16.1. The number of hydrogen-bond acceptors (Lipinski definition) is 5. The third-order valence-electron chi connectivity index (χ3n) is 5.59. The quantitative estimate of drug-likeness (QED) is 0.222. The summed E-state index contributed by atoms with van der Waals surface area (Å²) in [5, 5.41) is 2.66. The standard InChI is InChI=1S/C29H43NO5/c1-2-3-4-5-6-7-9-12-26-15-17-28(18-16-26)34-24-23-33-22-21-32-20-19-30-29(31)35-25-27-13-10-8-11-14-27/h8,10-11,13-18H,2-7,9,12,19-25H2,1H3,(H,30,31). The Morgan fingerprint density at radius 2 is 1.37 bits per heavy atom. The Morgan fingerprint density at radius 1 is 0.714 bits per heavy atom. The first-order chi connectivity index (χ1) is 17.3. The molecule has 0 aromatic heterocycles. The Balaban J connectivity index is 1.37. The van der Waals surface area contributed by atoms with Crippen molar-refractivity contribution in [2.24, 2.45) is 0 Å². The van der Waals surface area contributed by atoms with Crippen LogP contribution in [0.1, 0.15) is 63.0 Å². The van der Waals surface area contributed by atoms with Crippen molar-refractivity contribution in [3.8, 4) is 5.75 Å². The van der Waals surface area contributed by atoms with Crippen molar-refractivity contribution in [2.75, 3.05) is 39.6 Å². The second-order valence-corrected chi connectivity index (χ2v) is 8.58. The molecule has 0 aliphatic carbocycles. The fourth-order valence-electron chi connectivity index (χ4n) is 3.58. The van der Waals surface area contributed by atoms with Gasteiger partial charge in [-0.1, -0.05) is 87.9 Å². The van der Waals surface area contributed by atoms with Crippen LogP contribution < -0.4 is 10.1 Å². The van der Waals surface area contributed by atoms with Crippen LogP contribution in [-0.4, -0.2) is 45.7 Å². The summed E-state index contributed by atoms with van der Waals surface area (Å²) in [6, 6.07) is 18.0. The van der Waals surface area contributed by atoms with Crippen LogP contribution in [0.15, 0.2) is 54.6 Å². The number of rotatable bonds is 20. The van der Waals surface area contributed by atoms with Gasteiger partial charge in [0.05, 0.1) is 26.4 Å². The summed E-state index contributed by atoms with van der Waals surface area (Å²) < 4.78 is 21.9. The fraction of sp³-hybridized carbons (Fsp3) is 0.552. The van der Waals surface area contributed by atoms with Crippen LogP contribution in [0.3, 0.4) is 0 Å². The minimum Gasteiger partial charge on any atom is -0.491 e. The van der Waals surface area contributed by atoms with E-state index in [9.17, 15) is 4.79 Å². The average Bonchev–Trinajstić information content (AvgIpc) is 2.89. The summed E-state index contributed by atoms with van der Waals surface area (Å²) >= 11 is 0. The maximum absolute atomic E-state index is 11.6. The number of aryl methyl sites for hydroxylation is 1. The van der Waals surface area contributed by atoms with Gasteiger partial charge < -0.3 is 24.3 Å². The van der Waals surface area contributed by atoms with Crippen LogP contribution in [-0.2, 0) is 27.2 Å². The third-order valence-corrected chi connectivity index (χ3v) is 5.59. The number of alkyl carbamates (subject to hydrolysis) is 1. The van der Waals surface area contributed by atoms with E-state index in [-0.39, 0.29) is 6.61 Å². The molecule has 194 valence electrons. The summed E-state index contributed by atoms with van der Waals surface area (Å²) in [5.74, 6) is 0.874. The number of carbonyl (C=O) groups excluding carboxylic acids is 1. The molecule has 0 radical (unpaired) electrons. The molecule has 0 saturated heterocycles. The van der Waals surface area contributed by atoms with E-state index in [1.165, 1.54) is 50.5 Å². The normalized spacial score (nSPS) is 10.8. The average molecular weight is 486 g/mol. The number of hydrogen-bond donors (Lipinski definition) is 1. The van der Waals surface area contributed by atoms with Crippen molar-refractivity contribution in [1.29, 1.82) is 0 Å². The summed E-state index contributed by atoms with van der Waals surface area (Å²) in [5.41, 5.74) is 2.33. The molecule has 0 aliphatic rings. The van der Waals surface area contributed by atoms with Gasteiger partial charge in [0.1, 0.15) is 19.0 Å². The van der Waals surface area contributed by atoms with Crippen LogP contribution in [0.2, 0.25) is 0 Å². The molecule has 35 heavy (non-hydrogen) atoms. The van der Waals surface area contributed by atoms with E-state index >= 15 is 0 Å². The third kappa shape index (κ3) is 15.1. The van der Waals surface area contributed by atoms with Crippen molar-refractivity contribution in [3.05, 3.63) is 65.7 Å². The molecule has 0 spiro atoms. The van der Waals surface area contributed by atoms with Crippen LogP contribution in [0.25, 0.3) is 0 Å². The van der Waals surface area contributed by atoms with Gasteiger partial charge in [-0.25, -0.2) is 4.79 Å². The highest BCUT2D eigenvalue weighted by Crippen LogP contribution is 2.15. The zero-order valence-corrected chi connectivity index (χ0v) is 21.3. The maximum atomic E-state index is 11.6. The molecule has 0 fully saturated rings. The predicted molar refractivity (Wildman–Crippen MR) is 140 cm³/mol. The number of ether oxygens (including phenoxy) is 4. The van der Waals surface area contributed by atoms with E-state index in [0.717, 1.165) is 17.7 Å². The van der Waals surface area contributed by atoms with E-state index < -0.39 is 6.09 Å². The van der Waals surface area contributed by atoms with Gasteiger partial charge >= 0.3 is 6.09 Å². The molecule has 2 aromatic rings. The Morgan fingerprint density at radius 3 is 2.11 bits per heavy atom. The van der Waals surface area contributed by atoms with Crippen molar-refractivity contribution in [1.82, 2.24) is 5.32 Å². The van der Waals surface area contributed by atoms with Gasteiger partial charge in [-0.05, 0) is 36.1 Å². The lowest BCUT2D eigenvalue weighted by Crippen LogP contribution is -2.28. The van der Waals surface area contributed by atoms with Gasteiger partial charge in [0.15, 0.2) is 0 Å². The lowest BCUT2D eigenvalue weighted by atomic mass is 10.0. The molecule has 2 aromatic carbocycles. The first kappa shape index (κ1) is 28.7. The Hall–Kier alpha value is -2.57. The minimum absolute atomic E-state index is 0.257. The minimum atomic E-state index is -0.448. The molecule has 0 saturated carbocycles. The Labute approximate surface area is 211 Å². The summed E-state index contributed by atoms with van der Waals surface area (Å²) in [7, 11) is 0. The highest BCUT2D eigenvalue weighted by molar-refractivity contribution is 5.67. The second kappa shape index (κ2) is 19.7. The highest BCUT2D eigenvalue weighted by atomic mass is 16.6. The fourth-order valence-corrected chi connectivity index (χ4v) is 3.58. The number of nitrogens with one attached hydrogen (secondary N) is 1. The molecule has 6 nitrogen and oxygen atoms in total. The van der Waals surface area contributed by atoms with Gasteiger partial charge in [-0.3, -0.25) is 0 Å². The molecule has 0 atom stereocenters. The molecule has 0 heterocycles. The van der Waals surface area contributed by atoms with Crippen LogP contribution >= 0.6 is 0 Å². The van der Waals surface area contributed by atoms with Crippen molar-refractivity contribution in [2.45, 2.75) is 64.9 Å². The highest BCUT2D eigenvalue weighted by Gasteiger charge is 2.02. The number of carbonyl (C=O) groups is 1. The molecular weight excluding hydrogens is 442 g/mol. The molecule has 0 aliphatic heterocycles. The smallest absolute Gasteiger partial charge is 0.407 e. The zero-order chi connectivity index (χ0) is 24.8. The molecule has 0 unspecified atom stereocenters. The van der Waals surface area contributed by atoms with Gasteiger partial charge in [-0.15, -0.1) is 0 Å². The lowest BCUT2D eigenvalue weighted by molar-refractivity contribution is 0.0369. The van der Waals surface area contributed by atoms with Crippen molar-refractivity contribution in [3.63, 3.8) is 0 Å². The molecule has 6 heteroatoms. The molecule has 0 bridgehead atoms. The summed E-state index contributed by atoms with van der Waals surface area (Å²) in [6.45, 7) is 5.28. The van der Waals surface area contributed by atoms with E-state index in [0.29, 0.717) is 39.6 Å². The Bertz CT molecular complexity index is 766. The lowest BCUT2D eigenvalue weighted by Gasteiger charge is -2.09. The van der Waals surface area contributed by atoms with Gasteiger partial charge in [0.25, 0.3) is 0 Å². The van der Waals surface area contributed by atoms with Crippen LogP contribution in [0.5, 0.6) is 5.75 Å². The van der Waals surface area contributed by atoms with E-state index in [2.05, 4.69) is 24.4 Å². The molecule has 1 N–H and O–H groups in total. The van der Waals surface area contributed by atoms with Crippen LogP contribution in [0.4, 0.5) is 4.79 Å². The van der Waals surface area contributed by atoms with E-state index in [4.69, 9.17) is 18.9 Å². The zero-order valence-electron chi connectivity index (χ0n) is 21.3. The van der Waals surface area contributed by atoms with E-state index in [1.807, 2.05) is 42.5 Å². The predicted octanol–water partition coefficient (Wildman–Crippen LogP) is 6.32. The topological polar surface area (TPSA) is 66.0 Å². The first-order valence-electron chi connectivity index (χ1n) is 13.1. The van der Waals surface area contributed by atoms with Gasteiger partial charge in [0.2, 0.25) is 0 Å².